The molecule has 0 atom stereocenters. The molecule has 0 spiro atoms. The number of carbonyl (C=O) groups is 2. The summed E-state index contributed by atoms with van der Waals surface area (Å²) in [5.74, 6) is -2.51. The van der Waals surface area contributed by atoms with Crippen molar-refractivity contribution in [2.45, 2.75) is 0 Å². The minimum Gasteiger partial charge on any atom is -0.478 e. The third-order valence-corrected chi connectivity index (χ3v) is 2.80. The van der Waals surface area contributed by atoms with Crippen LogP contribution < -0.4 is 0 Å². The molecule has 2 aromatic rings. The van der Waals surface area contributed by atoms with Crippen LogP contribution in [0.3, 0.4) is 0 Å². The Hall–Kier alpha value is -2.88. The molecule has 0 aromatic heterocycles. The van der Waals surface area contributed by atoms with E-state index in [9.17, 15) is 14.7 Å². The first kappa shape index (κ1) is 13.5. The van der Waals surface area contributed by atoms with Gasteiger partial charge in [-0.15, -0.1) is 0 Å². The highest BCUT2D eigenvalue weighted by Gasteiger charge is 2.18. The van der Waals surface area contributed by atoms with Gasteiger partial charge in [-0.3, -0.25) is 0 Å². The Kier molecular flexibility index (Phi) is 3.96. The summed E-state index contributed by atoms with van der Waals surface area (Å²) in [6.07, 6.45) is 3.35. The molecule has 20 heavy (non-hydrogen) atoms. The predicted molar refractivity (Wildman–Crippen MR) is 75.7 cm³/mol. The van der Waals surface area contributed by atoms with E-state index in [1.807, 2.05) is 30.3 Å². The summed E-state index contributed by atoms with van der Waals surface area (Å²) in [5.41, 5.74) is 0.853. The number of hydrogen-bond donors (Lipinski definition) is 2. The average molecular weight is 268 g/mol. The van der Waals surface area contributed by atoms with Crippen molar-refractivity contribution in [3.05, 3.63) is 70.8 Å². The zero-order valence-corrected chi connectivity index (χ0v) is 10.5. The van der Waals surface area contributed by atoms with E-state index in [1.54, 1.807) is 18.2 Å². The number of carboxylic acid groups (broad SMARTS) is 2. The summed E-state index contributed by atoms with van der Waals surface area (Å²) < 4.78 is 0. The Morgan fingerprint density at radius 2 is 1.50 bits per heavy atom. The molecule has 0 aliphatic rings. The molecule has 0 aliphatic carbocycles. The van der Waals surface area contributed by atoms with Crippen molar-refractivity contribution in [3.8, 4) is 0 Å². The zero-order valence-electron chi connectivity index (χ0n) is 10.5. The molecule has 2 aromatic carbocycles. The Labute approximate surface area is 115 Å². The van der Waals surface area contributed by atoms with Gasteiger partial charge >= 0.3 is 11.9 Å². The van der Waals surface area contributed by atoms with Crippen LogP contribution in [0.2, 0.25) is 0 Å². The van der Waals surface area contributed by atoms with Crippen molar-refractivity contribution in [1.29, 1.82) is 0 Å². The second-order valence-corrected chi connectivity index (χ2v) is 4.12. The lowest BCUT2D eigenvalue weighted by Crippen LogP contribution is -2.09. The first-order valence-electron chi connectivity index (χ1n) is 5.92. The van der Waals surface area contributed by atoms with Gasteiger partial charge in [0.1, 0.15) is 0 Å². The predicted octanol–water partition coefficient (Wildman–Crippen LogP) is 3.25. The molecule has 0 aliphatic heterocycles. The molecule has 100 valence electrons. The zero-order chi connectivity index (χ0) is 14.5. The maximum absolute atomic E-state index is 11.3. The fraction of sp³-hybridized carbons (Fsp3) is 0. The Morgan fingerprint density at radius 3 is 2.10 bits per heavy atom. The SMILES string of the molecule is O=C(O)c1cccc(/C=C\c2ccccc2)c1C(=O)O. The molecule has 2 N–H and O–H groups in total. The summed E-state index contributed by atoms with van der Waals surface area (Å²) in [6, 6.07) is 13.7. The van der Waals surface area contributed by atoms with Crippen LogP contribution in [0, 0.1) is 0 Å². The Morgan fingerprint density at radius 1 is 0.800 bits per heavy atom. The van der Waals surface area contributed by atoms with Crippen LogP contribution in [0.4, 0.5) is 0 Å². The van der Waals surface area contributed by atoms with Crippen molar-refractivity contribution >= 4 is 24.1 Å². The molecule has 0 bridgehead atoms. The van der Waals surface area contributed by atoms with Gasteiger partial charge < -0.3 is 10.2 Å². The maximum atomic E-state index is 11.3. The van der Waals surface area contributed by atoms with Crippen molar-refractivity contribution in [3.63, 3.8) is 0 Å². The summed E-state index contributed by atoms with van der Waals surface area (Å²) in [6.45, 7) is 0. The molecule has 4 nitrogen and oxygen atoms in total. The lowest BCUT2D eigenvalue weighted by molar-refractivity contribution is 0.0651. The molecule has 0 saturated carbocycles. The highest BCUT2D eigenvalue weighted by Crippen LogP contribution is 2.18. The molecule has 0 unspecified atom stereocenters. The van der Waals surface area contributed by atoms with Crippen LogP contribution in [0.25, 0.3) is 12.2 Å². The largest absolute Gasteiger partial charge is 0.478 e. The quantitative estimate of drug-likeness (QED) is 0.835. The Bertz CT molecular complexity index is 672. The van der Waals surface area contributed by atoms with E-state index in [1.165, 1.54) is 12.1 Å². The van der Waals surface area contributed by atoms with Crippen LogP contribution in [0.5, 0.6) is 0 Å². The van der Waals surface area contributed by atoms with Gasteiger partial charge in [0.05, 0.1) is 11.1 Å². The Balaban J connectivity index is 2.47. The van der Waals surface area contributed by atoms with Gasteiger partial charge in [-0.25, -0.2) is 9.59 Å². The minimum absolute atomic E-state index is 0.202. The van der Waals surface area contributed by atoms with E-state index in [4.69, 9.17) is 5.11 Å². The maximum Gasteiger partial charge on any atom is 0.337 e. The first-order chi connectivity index (χ1) is 9.59. The van der Waals surface area contributed by atoms with Crippen LogP contribution in [-0.4, -0.2) is 22.2 Å². The number of hydrogen-bond acceptors (Lipinski definition) is 2. The fourth-order valence-corrected chi connectivity index (χ4v) is 1.88. The van der Waals surface area contributed by atoms with E-state index >= 15 is 0 Å². The summed E-state index contributed by atoms with van der Waals surface area (Å²) in [5, 5.41) is 18.2. The van der Waals surface area contributed by atoms with Gasteiger partial charge in [0.2, 0.25) is 0 Å². The van der Waals surface area contributed by atoms with Gasteiger partial charge in [0.25, 0.3) is 0 Å². The van der Waals surface area contributed by atoms with E-state index in [0.717, 1.165) is 5.56 Å². The molecule has 2 rings (SSSR count). The molecule has 4 heteroatoms. The fourth-order valence-electron chi connectivity index (χ4n) is 1.88. The number of rotatable bonds is 4. The smallest absolute Gasteiger partial charge is 0.337 e. The van der Waals surface area contributed by atoms with E-state index < -0.39 is 11.9 Å². The van der Waals surface area contributed by atoms with Crippen LogP contribution in [0.1, 0.15) is 31.8 Å². The van der Waals surface area contributed by atoms with Crippen molar-refractivity contribution in [1.82, 2.24) is 0 Å². The average Bonchev–Trinajstić information content (AvgIpc) is 2.45. The van der Waals surface area contributed by atoms with Gasteiger partial charge in [-0.1, -0.05) is 54.6 Å². The molecule has 0 heterocycles. The molecule has 0 radical (unpaired) electrons. The second-order valence-electron chi connectivity index (χ2n) is 4.12. The molecule has 0 amide bonds. The van der Waals surface area contributed by atoms with Crippen LogP contribution in [0.15, 0.2) is 48.5 Å². The summed E-state index contributed by atoms with van der Waals surface area (Å²) in [4.78, 5) is 22.3. The van der Waals surface area contributed by atoms with Crippen molar-refractivity contribution in [2.75, 3.05) is 0 Å². The number of aromatic carboxylic acids is 2. The van der Waals surface area contributed by atoms with Gasteiger partial charge in [0, 0.05) is 0 Å². The highest BCUT2D eigenvalue weighted by molar-refractivity contribution is 6.04. The van der Waals surface area contributed by atoms with Gasteiger partial charge in [0.15, 0.2) is 0 Å². The third kappa shape index (κ3) is 2.92. The summed E-state index contributed by atoms with van der Waals surface area (Å²) >= 11 is 0. The monoisotopic (exact) mass is 268 g/mol. The standard InChI is InChI=1S/C16H12O4/c17-15(18)13-8-4-7-12(14(13)16(19)20)10-9-11-5-2-1-3-6-11/h1-10H,(H,17,18)(H,19,20)/b10-9-. The van der Waals surface area contributed by atoms with Gasteiger partial charge in [-0.2, -0.15) is 0 Å². The highest BCUT2D eigenvalue weighted by atomic mass is 16.4. The normalized spacial score (nSPS) is 10.6. The number of carboxylic acids is 2. The van der Waals surface area contributed by atoms with Gasteiger partial charge in [-0.05, 0) is 17.2 Å². The lowest BCUT2D eigenvalue weighted by Gasteiger charge is -2.05. The second kappa shape index (κ2) is 5.84. The molecular formula is C16H12O4. The first-order valence-corrected chi connectivity index (χ1v) is 5.92. The summed E-state index contributed by atoms with van der Waals surface area (Å²) in [7, 11) is 0. The molecular weight excluding hydrogens is 256 g/mol. The third-order valence-electron chi connectivity index (χ3n) is 2.80. The van der Waals surface area contributed by atoms with Crippen LogP contribution >= 0.6 is 0 Å². The van der Waals surface area contributed by atoms with E-state index in [2.05, 4.69) is 0 Å². The van der Waals surface area contributed by atoms with E-state index in [0.29, 0.717) is 5.56 Å². The van der Waals surface area contributed by atoms with E-state index in [-0.39, 0.29) is 11.1 Å². The minimum atomic E-state index is -1.25. The molecule has 0 fully saturated rings. The number of benzene rings is 2. The topological polar surface area (TPSA) is 74.6 Å². The van der Waals surface area contributed by atoms with Crippen molar-refractivity contribution in [2.24, 2.45) is 0 Å². The lowest BCUT2D eigenvalue weighted by atomic mass is 10.00. The van der Waals surface area contributed by atoms with Crippen molar-refractivity contribution < 1.29 is 19.8 Å². The van der Waals surface area contributed by atoms with Crippen LogP contribution in [-0.2, 0) is 0 Å². The molecule has 0 saturated heterocycles.